The monoisotopic (exact) mass is 237 g/mol. The molecule has 2 rings (SSSR count). The van der Waals surface area contributed by atoms with Crippen LogP contribution >= 0.6 is 11.6 Å². The van der Waals surface area contributed by atoms with Gasteiger partial charge >= 0.3 is 0 Å². The van der Waals surface area contributed by atoms with Crippen LogP contribution in [0.25, 0.3) is 0 Å². The van der Waals surface area contributed by atoms with E-state index in [9.17, 15) is 4.79 Å². The molecular weight excluding hydrogens is 230 g/mol. The van der Waals surface area contributed by atoms with Crippen LogP contribution in [0.3, 0.4) is 0 Å². The minimum absolute atomic E-state index is 0.134. The molecule has 6 heteroatoms. The van der Waals surface area contributed by atoms with Gasteiger partial charge in [0.25, 0.3) is 5.91 Å². The Hall–Kier alpha value is -1.88. The number of nitrogens with one attached hydrogen (secondary N) is 1. The smallest absolute Gasteiger partial charge is 0.294 e. The van der Waals surface area contributed by atoms with Crippen molar-refractivity contribution in [1.29, 1.82) is 0 Å². The first-order valence-electron chi connectivity index (χ1n) is 4.50. The standard InChI is InChI=1S/C10H8ClN3O2/c1-6-7(11)2-3-9(13-6)14-10(15)8-4-12-5-16-8/h2-5H,1H3,(H,13,14,15). The molecule has 2 aromatic rings. The maximum Gasteiger partial charge on any atom is 0.294 e. The summed E-state index contributed by atoms with van der Waals surface area (Å²) in [5, 5.41) is 3.12. The maximum atomic E-state index is 11.6. The molecule has 0 fully saturated rings. The molecule has 0 unspecified atom stereocenters. The molecule has 0 radical (unpaired) electrons. The molecular formula is C10H8ClN3O2. The first-order chi connectivity index (χ1) is 7.66. The summed E-state index contributed by atoms with van der Waals surface area (Å²) in [6.07, 6.45) is 2.52. The van der Waals surface area contributed by atoms with Gasteiger partial charge in [-0.25, -0.2) is 9.97 Å². The number of nitrogens with zero attached hydrogens (tertiary/aromatic N) is 2. The molecule has 82 valence electrons. The molecule has 0 saturated carbocycles. The lowest BCUT2D eigenvalue weighted by Gasteiger charge is -2.03. The fourth-order valence-electron chi connectivity index (χ4n) is 1.12. The Balaban J connectivity index is 2.15. The number of aromatic nitrogens is 2. The van der Waals surface area contributed by atoms with E-state index in [0.29, 0.717) is 16.5 Å². The summed E-state index contributed by atoms with van der Waals surface area (Å²) in [4.78, 5) is 19.3. The molecule has 1 amide bonds. The molecule has 2 heterocycles. The van der Waals surface area contributed by atoms with Crippen LogP contribution in [-0.2, 0) is 0 Å². The molecule has 0 saturated heterocycles. The van der Waals surface area contributed by atoms with Crippen LogP contribution in [0, 0.1) is 6.92 Å². The number of halogens is 1. The Kier molecular flexibility index (Phi) is 2.87. The third-order valence-electron chi connectivity index (χ3n) is 1.92. The SMILES string of the molecule is Cc1nc(NC(=O)c2cnco2)ccc1Cl. The van der Waals surface area contributed by atoms with Crippen LogP contribution in [-0.4, -0.2) is 15.9 Å². The van der Waals surface area contributed by atoms with Crippen LogP contribution in [0.4, 0.5) is 5.82 Å². The van der Waals surface area contributed by atoms with Crippen molar-refractivity contribution in [2.45, 2.75) is 6.92 Å². The lowest BCUT2D eigenvalue weighted by atomic mass is 10.3. The zero-order valence-corrected chi connectivity index (χ0v) is 9.15. The summed E-state index contributed by atoms with van der Waals surface area (Å²) in [5.74, 6) is 0.157. The van der Waals surface area contributed by atoms with Gasteiger partial charge in [-0.05, 0) is 19.1 Å². The van der Waals surface area contributed by atoms with Gasteiger partial charge in [0.2, 0.25) is 5.76 Å². The highest BCUT2D eigenvalue weighted by Gasteiger charge is 2.10. The minimum Gasteiger partial charge on any atom is -0.438 e. The van der Waals surface area contributed by atoms with E-state index in [1.807, 2.05) is 0 Å². The van der Waals surface area contributed by atoms with Gasteiger partial charge in [0.1, 0.15) is 5.82 Å². The third-order valence-corrected chi connectivity index (χ3v) is 2.32. The van der Waals surface area contributed by atoms with Gasteiger partial charge < -0.3 is 9.73 Å². The average Bonchev–Trinajstić information content (AvgIpc) is 2.77. The predicted molar refractivity (Wildman–Crippen MR) is 58.4 cm³/mol. The quantitative estimate of drug-likeness (QED) is 0.870. The van der Waals surface area contributed by atoms with Gasteiger partial charge in [-0.3, -0.25) is 4.79 Å². The van der Waals surface area contributed by atoms with Crippen molar-refractivity contribution in [3.05, 3.63) is 41.2 Å². The van der Waals surface area contributed by atoms with Crippen LogP contribution in [0.1, 0.15) is 16.2 Å². The fourth-order valence-corrected chi connectivity index (χ4v) is 1.22. The molecule has 0 aliphatic heterocycles. The molecule has 0 atom stereocenters. The lowest BCUT2D eigenvalue weighted by Crippen LogP contribution is -2.12. The Morgan fingerprint density at radius 1 is 1.50 bits per heavy atom. The number of amides is 1. The van der Waals surface area contributed by atoms with E-state index in [4.69, 9.17) is 16.0 Å². The minimum atomic E-state index is -0.397. The van der Waals surface area contributed by atoms with Crippen molar-refractivity contribution in [1.82, 2.24) is 9.97 Å². The zero-order chi connectivity index (χ0) is 11.5. The Labute approximate surface area is 96.5 Å². The van der Waals surface area contributed by atoms with Gasteiger partial charge in [-0.15, -0.1) is 0 Å². The fraction of sp³-hybridized carbons (Fsp3) is 0.100. The average molecular weight is 238 g/mol. The third kappa shape index (κ3) is 2.20. The van der Waals surface area contributed by atoms with Gasteiger partial charge in [-0.1, -0.05) is 11.6 Å². The molecule has 0 spiro atoms. The molecule has 0 aliphatic rings. The molecule has 16 heavy (non-hydrogen) atoms. The van der Waals surface area contributed by atoms with E-state index in [1.54, 1.807) is 19.1 Å². The number of oxazole rings is 1. The van der Waals surface area contributed by atoms with Crippen LogP contribution in [0.15, 0.2) is 29.1 Å². The number of hydrogen-bond donors (Lipinski definition) is 1. The van der Waals surface area contributed by atoms with E-state index in [0.717, 1.165) is 0 Å². The zero-order valence-electron chi connectivity index (χ0n) is 8.40. The van der Waals surface area contributed by atoms with E-state index in [2.05, 4.69) is 15.3 Å². The van der Waals surface area contributed by atoms with E-state index in [1.165, 1.54) is 12.6 Å². The van der Waals surface area contributed by atoms with Crippen molar-refractivity contribution in [3.63, 3.8) is 0 Å². The number of hydrogen-bond acceptors (Lipinski definition) is 4. The van der Waals surface area contributed by atoms with Gasteiger partial charge in [0.05, 0.1) is 16.9 Å². The summed E-state index contributed by atoms with van der Waals surface area (Å²) in [6, 6.07) is 3.28. The van der Waals surface area contributed by atoms with Crippen molar-refractivity contribution >= 4 is 23.3 Å². The van der Waals surface area contributed by atoms with E-state index < -0.39 is 5.91 Å². The van der Waals surface area contributed by atoms with Crippen LogP contribution in [0.5, 0.6) is 0 Å². The second-order valence-electron chi connectivity index (χ2n) is 3.08. The summed E-state index contributed by atoms with van der Waals surface area (Å²) >= 11 is 5.81. The van der Waals surface area contributed by atoms with Crippen molar-refractivity contribution in [3.8, 4) is 0 Å². The second-order valence-corrected chi connectivity index (χ2v) is 3.49. The summed E-state index contributed by atoms with van der Waals surface area (Å²) in [5.41, 5.74) is 0.650. The number of pyridine rings is 1. The normalized spacial score (nSPS) is 10.1. The number of carbonyl (C=O) groups is 1. The number of aryl methyl sites for hydroxylation is 1. The molecule has 0 aliphatic carbocycles. The lowest BCUT2D eigenvalue weighted by molar-refractivity contribution is 0.0996. The Morgan fingerprint density at radius 3 is 2.94 bits per heavy atom. The summed E-state index contributed by atoms with van der Waals surface area (Å²) in [6.45, 7) is 1.76. The molecule has 1 N–H and O–H groups in total. The summed E-state index contributed by atoms with van der Waals surface area (Å²) in [7, 11) is 0. The molecule has 0 bridgehead atoms. The molecule has 0 aromatic carbocycles. The molecule has 2 aromatic heterocycles. The Morgan fingerprint density at radius 2 is 2.31 bits per heavy atom. The summed E-state index contributed by atoms with van der Waals surface area (Å²) < 4.78 is 4.84. The highest BCUT2D eigenvalue weighted by molar-refractivity contribution is 6.31. The second kappa shape index (κ2) is 4.32. The number of rotatable bonds is 2. The maximum absolute atomic E-state index is 11.6. The number of anilines is 1. The largest absolute Gasteiger partial charge is 0.438 e. The van der Waals surface area contributed by atoms with Gasteiger partial charge in [-0.2, -0.15) is 0 Å². The number of carbonyl (C=O) groups excluding carboxylic acids is 1. The topological polar surface area (TPSA) is 68.0 Å². The van der Waals surface area contributed by atoms with Gasteiger partial charge in [0.15, 0.2) is 6.39 Å². The van der Waals surface area contributed by atoms with Crippen LogP contribution < -0.4 is 5.32 Å². The first kappa shape index (κ1) is 10.6. The molecule has 5 nitrogen and oxygen atoms in total. The van der Waals surface area contributed by atoms with Crippen molar-refractivity contribution < 1.29 is 9.21 Å². The Bertz CT molecular complexity index is 511. The highest BCUT2D eigenvalue weighted by Crippen LogP contribution is 2.15. The van der Waals surface area contributed by atoms with Crippen molar-refractivity contribution in [2.24, 2.45) is 0 Å². The van der Waals surface area contributed by atoms with E-state index in [-0.39, 0.29) is 5.76 Å². The predicted octanol–water partition coefficient (Wildman–Crippen LogP) is 2.28. The van der Waals surface area contributed by atoms with Crippen LogP contribution in [0.2, 0.25) is 5.02 Å². The first-order valence-corrected chi connectivity index (χ1v) is 4.87. The van der Waals surface area contributed by atoms with Gasteiger partial charge in [0, 0.05) is 0 Å². The highest BCUT2D eigenvalue weighted by atomic mass is 35.5. The van der Waals surface area contributed by atoms with Crippen molar-refractivity contribution in [2.75, 3.05) is 5.32 Å². The van der Waals surface area contributed by atoms with E-state index >= 15 is 0 Å².